The third-order valence-corrected chi connectivity index (χ3v) is 2.08. The summed E-state index contributed by atoms with van der Waals surface area (Å²) in [6.45, 7) is 6.80. The fourth-order valence-corrected chi connectivity index (χ4v) is 1.30. The summed E-state index contributed by atoms with van der Waals surface area (Å²) < 4.78 is 11.0. The van der Waals surface area contributed by atoms with Gasteiger partial charge in [-0.3, -0.25) is 0 Å². The summed E-state index contributed by atoms with van der Waals surface area (Å²) >= 11 is 0. The van der Waals surface area contributed by atoms with Crippen LogP contribution in [0.25, 0.3) is 0 Å². The lowest BCUT2D eigenvalue weighted by Gasteiger charge is -2.09. The van der Waals surface area contributed by atoms with Gasteiger partial charge in [-0.15, -0.1) is 0 Å². The van der Waals surface area contributed by atoms with Crippen molar-refractivity contribution in [3.05, 3.63) is 29.8 Å². The minimum Gasteiger partial charge on any atom is -0.491 e. The van der Waals surface area contributed by atoms with Crippen LogP contribution in [0.5, 0.6) is 5.75 Å². The highest BCUT2D eigenvalue weighted by atomic mass is 16.5. The van der Waals surface area contributed by atoms with Crippen LogP contribution in [0.1, 0.15) is 19.4 Å². The van der Waals surface area contributed by atoms with E-state index in [0.29, 0.717) is 25.7 Å². The largest absolute Gasteiger partial charge is 0.491 e. The first-order valence-corrected chi connectivity index (χ1v) is 5.72. The number of nitrogens with two attached hydrogens (primary N) is 1. The molecule has 1 aromatic carbocycles. The third-order valence-electron chi connectivity index (χ3n) is 2.08. The predicted octanol–water partition coefficient (Wildman–Crippen LogP) is 2.20. The van der Waals surface area contributed by atoms with Crippen LogP contribution in [0.3, 0.4) is 0 Å². The number of rotatable bonds is 7. The van der Waals surface area contributed by atoms with Crippen molar-refractivity contribution < 1.29 is 9.47 Å². The zero-order valence-electron chi connectivity index (χ0n) is 10.1. The van der Waals surface area contributed by atoms with Gasteiger partial charge in [0, 0.05) is 13.2 Å². The average molecular weight is 223 g/mol. The van der Waals surface area contributed by atoms with Crippen LogP contribution < -0.4 is 10.5 Å². The summed E-state index contributed by atoms with van der Waals surface area (Å²) in [6, 6.07) is 7.83. The van der Waals surface area contributed by atoms with Crippen LogP contribution in [-0.2, 0) is 11.3 Å². The summed E-state index contributed by atoms with van der Waals surface area (Å²) in [5.41, 5.74) is 6.63. The molecule has 0 radical (unpaired) electrons. The standard InChI is InChI=1S/C13H21NO2/c1-11(2)10-15-6-7-16-13-5-3-4-12(8-13)9-14/h3-5,8,11H,6-7,9-10,14H2,1-2H3. The molecule has 0 bridgehead atoms. The van der Waals surface area contributed by atoms with Crippen molar-refractivity contribution in [1.29, 1.82) is 0 Å². The summed E-state index contributed by atoms with van der Waals surface area (Å²) in [5, 5.41) is 0. The second-order valence-corrected chi connectivity index (χ2v) is 4.17. The molecule has 0 aliphatic heterocycles. The molecular weight excluding hydrogens is 202 g/mol. The lowest BCUT2D eigenvalue weighted by molar-refractivity contribution is 0.0819. The smallest absolute Gasteiger partial charge is 0.119 e. The molecule has 0 saturated carbocycles. The molecule has 2 N–H and O–H groups in total. The van der Waals surface area contributed by atoms with Crippen LogP contribution in [0.15, 0.2) is 24.3 Å². The van der Waals surface area contributed by atoms with Crippen LogP contribution in [0.2, 0.25) is 0 Å². The van der Waals surface area contributed by atoms with Gasteiger partial charge in [-0.2, -0.15) is 0 Å². The van der Waals surface area contributed by atoms with E-state index in [4.69, 9.17) is 15.2 Å². The van der Waals surface area contributed by atoms with Crippen molar-refractivity contribution >= 4 is 0 Å². The molecule has 0 aliphatic rings. The van der Waals surface area contributed by atoms with Crippen LogP contribution in [0.4, 0.5) is 0 Å². The average Bonchev–Trinajstić information content (AvgIpc) is 2.28. The minimum atomic E-state index is 0.543. The zero-order chi connectivity index (χ0) is 11.8. The van der Waals surface area contributed by atoms with Gasteiger partial charge in [0.1, 0.15) is 12.4 Å². The van der Waals surface area contributed by atoms with Gasteiger partial charge in [-0.25, -0.2) is 0 Å². The highest BCUT2D eigenvalue weighted by Crippen LogP contribution is 2.12. The fourth-order valence-electron chi connectivity index (χ4n) is 1.30. The Labute approximate surface area is 97.6 Å². The molecule has 0 heterocycles. The van der Waals surface area contributed by atoms with Crippen molar-refractivity contribution in [2.24, 2.45) is 11.7 Å². The van der Waals surface area contributed by atoms with E-state index < -0.39 is 0 Å². The maximum atomic E-state index is 5.55. The van der Waals surface area contributed by atoms with Crippen molar-refractivity contribution in [3.63, 3.8) is 0 Å². The van der Waals surface area contributed by atoms with Crippen molar-refractivity contribution in [3.8, 4) is 5.75 Å². The first kappa shape index (κ1) is 13.0. The number of hydrogen-bond acceptors (Lipinski definition) is 3. The Morgan fingerprint density at radius 3 is 2.75 bits per heavy atom. The van der Waals surface area contributed by atoms with Gasteiger partial charge in [0.15, 0.2) is 0 Å². The number of benzene rings is 1. The van der Waals surface area contributed by atoms with E-state index in [0.717, 1.165) is 17.9 Å². The summed E-state index contributed by atoms with van der Waals surface area (Å²) in [4.78, 5) is 0. The maximum absolute atomic E-state index is 5.55. The van der Waals surface area contributed by atoms with Gasteiger partial charge in [-0.05, 0) is 23.6 Å². The second-order valence-electron chi connectivity index (χ2n) is 4.17. The van der Waals surface area contributed by atoms with Gasteiger partial charge in [0.25, 0.3) is 0 Å². The third kappa shape index (κ3) is 5.14. The summed E-state index contributed by atoms with van der Waals surface area (Å²) in [7, 11) is 0. The monoisotopic (exact) mass is 223 g/mol. The maximum Gasteiger partial charge on any atom is 0.119 e. The Morgan fingerprint density at radius 2 is 2.06 bits per heavy atom. The molecule has 0 spiro atoms. The van der Waals surface area contributed by atoms with Crippen LogP contribution >= 0.6 is 0 Å². The molecule has 0 amide bonds. The molecular formula is C13H21NO2. The number of ether oxygens (including phenoxy) is 2. The molecule has 1 aromatic rings. The first-order valence-electron chi connectivity index (χ1n) is 5.72. The molecule has 16 heavy (non-hydrogen) atoms. The highest BCUT2D eigenvalue weighted by Gasteiger charge is 1.97. The minimum absolute atomic E-state index is 0.543. The van der Waals surface area contributed by atoms with Gasteiger partial charge in [-0.1, -0.05) is 26.0 Å². The van der Waals surface area contributed by atoms with Crippen LogP contribution in [-0.4, -0.2) is 19.8 Å². The molecule has 0 aromatic heterocycles. The Balaban J connectivity index is 2.21. The van der Waals surface area contributed by atoms with E-state index in [1.54, 1.807) is 0 Å². The molecule has 0 fully saturated rings. The predicted molar refractivity (Wildman–Crippen MR) is 65.5 cm³/mol. The van der Waals surface area contributed by atoms with Crippen molar-refractivity contribution in [2.45, 2.75) is 20.4 Å². The van der Waals surface area contributed by atoms with E-state index in [1.807, 2.05) is 24.3 Å². The van der Waals surface area contributed by atoms with E-state index >= 15 is 0 Å². The molecule has 0 unspecified atom stereocenters. The fraction of sp³-hybridized carbons (Fsp3) is 0.538. The Hall–Kier alpha value is -1.06. The highest BCUT2D eigenvalue weighted by molar-refractivity contribution is 5.28. The topological polar surface area (TPSA) is 44.5 Å². The quantitative estimate of drug-likeness (QED) is 0.721. The lowest BCUT2D eigenvalue weighted by atomic mass is 10.2. The molecule has 1 rings (SSSR count). The Bertz CT molecular complexity index is 300. The molecule has 3 nitrogen and oxygen atoms in total. The van der Waals surface area contributed by atoms with E-state index in [2.05, 4.69) is 13.8 Å². The molecule has 0 aliphatic carbocycles. The summed E-state index contributed by atoms with van der Waals surface area (Å²) in [6.07, 6.45) is 0. The molecule has 90 valence electrons. The second kappa shape index (κ2) is 7.25. The molecule has 0 atom stereocenters. The lowest BCUT2D eigenvalue weighted by Crippen LogP contribution is -2.10. The van der Waals surface area contributed by atoms with E-state index in [9.17, 15) is 0 Å². The van der Waals surface area contributed by atoms with E-state index in [-0.39, 0.29) is 0 Å². The molecule has 0 saturated heterocycles. The van der Waals surface area contributed by atoms with Gasteiger partial charge in [0.2, 0.25) is 0 Å². The van der Waals surface area contributed by atoms with E-state index in [1.165, 1.54) is 0 Å². The SMILES string of the molecule is CC(C)COCCOc1cccc(CN)c1. The zero-order valence-corrected chi connectivity index (χ0v) is 10.1. The van der Waals surface area contributed by atoms with Gasteiger partial charge < -0.3 is 15.2 Å². The van der Waals surface area contributed by atoms with Crippen LogP contribution in [0, 0.1) is 5.92 Å². The van der Waals surface area contributed by atoms with Gasteiger partial charge in [0.05, 0.1) is 6.61 Å². The summed E-state index contributed by atoms with van der Waals surface area (Å²) in [5.74, 6) is 1.43. The Kier molecular flexibility index (Phi) is 5.90. The number of hydrogen-bond donors (Lipinski definition) is 1. The van der Waals surface area contributed by atoms with Gasteiger partial charge >= 0.3 is 0 Å². The van der Waals surface area contributed by atoms with Crippen molar-refractivity contribution in [2.75, 3.05) is 19.8 Å². The van der Waals surface area contributed by atoms with Crippen molar-refractivity contribution in [1.82, 2.24) is 0 Å². The first-order chi connectivity index (χ1) is 7.72. The Morgan fingerprint density at radius 1 is 1.25 bits per heavy atom. The normalized spacial score (nSPS) is 10.8. The molecule has 3 heteroatoms.